The van der Waals surface area contributed by atoms with Crippen LogP contribution < -0.4 is 10.0 Å². The number of rotatable bonds is 3. The highest BCUT2D eigenvalue weighted by atomic mass is 16.6. The number of hydrogen-bond acceptors (Lipinski definition) is 3. The van der Waals surface area contributed by atoms with Gasteiger partial charge in [-0.3, -0.25) is 10.1 Å². The third-order valence-corrected chi connectivity index (χ3v) is 3.51. The number of benzene rings is 1. The molecule has 1 heterocycles. The van der Waals surface area contributed by atoms with E-state index in [0.717, 1.165) is 13.1 Å². The molecule has 0 atom stereocenters. The summed E-state index contributed by atoms with van der Waals surface area (Å²) in [5.41, 5.74) is 0.583. The van der Waals surface area contributed by atoms with Crippen LogP contribution in [-0.4, -0.2) is 18.0 Å². The molecular formula is C13H18N2O3. The van der Waals surface area contributed by atoms with Crippen LogP contribution in [0.5, 0.6) is 5.75 Å². The van der Waals surface area contributed by atoms with Crippen molar-refractivity contribution >= 4 is 5.69 Å². The van der Waals surface area contributed by atoms with Gasteiger partial charge in [0.1, 0.15) is 6.54 Å². The third-order valence-electron chi connectivity index (χ3n) is 3.51. The summed E-state index contributed by atoms with van der Waals surface area (Å²) in [6.07, 6.45) is 4.86. The van der Waals surface area contributed by atoms with Crippen LogP contribution in [0.1, 0.15) is 31.2 Å². The van der Waals surface area contributed by atoms with Gasteiger partial charge in [0.2, 0.25) is 0 Å². The number of quaternary nitrogens is 1. The minimum Gasteiger partial charge on any atom is -0.872 e. The summed E-state index contributed by atoms with van der Waals surface area (Å²) in [4.78, 5) is 11.6. The number of nitrogens with zero attached hydrogens (tertiary/aromatic N) is 1. The van der Waals surface area contributed by atoms with Gasteiger partial charge in [-0.2, -0.15) is 0 Å². The highest BCUT2D eigenvalue weighted by molar-refractivity contribution is 5.41. The van der Waals surface area contributed by atoms with E-state index in [-0.39, 0.29) is 11.4 Å². The van der Waals surface area contributed by atoms with E-state index < -0.39 is 4.92 Å². The molecule has 2 rings (SSSR count). The summed E-state index contributed by atoms with van der Waals surface area (Å²) in [6, 6.07) is 4.02. The molecule has 1 N–H and O–H groups in total. The van der Waals surface area contributed by atoms with Crippen molar-refractivity contribution in [3.8, 4) is 5.75 Å². The van der Waals surface area contributed by atoms with Crippen LogP contribution >= 0.6 is 0 Å². The molecule has 18 heavy (non-hydrogen) atoms. The first-order valence-electron chi connectivity index (χ1n) is 6.45. The van der Waals surface area contributed by atoms with Crippen molar-refractivity contribution < 1.29 is 14.9 Å². The molecule has 0 amide bonds. The Morgan fingerprint density at radius 2 is 1.83 bits per heavy atom. The van der Waals surface area contributed by atoms with Crippen LogP contribution in [0.2, 0.25) is 0 Å². The van der Waals surface area contributed by atoms with Gasteiger partial charge in [-0.15, -0.1) is 0 Å². The van der Waals surface area contributed by atoms with Crippen molar-refractivity contribution in [3.63, 3.8) is 0 Å². The molecule has 0 saturated carbocycles. The molecule has 1 fully saturated rings. The number of nitro benzene ring substituents is 1. The Balaban J connectivity index is 2.11. The second-order valence-electron chi connectivity index (χ2n) is 4.89. The SMILES string of the molecule is O=[N+]([O-])c1ccc([O-])c(C[NH+]2CCCCCC2)c1. The fourth-order valence-corrected chi connectivity index (χ4v) is 2.49. The van der Waals surface area contributed by atoms with Crippen LogP contribution in [0.3, 0.4) is 0 Å². The van der Waals surface area contributed by atoms with E-state index in [4.69, 9.17) is 0 Å². The highest BCUT2D eigenvalue weighted by Gasteiger charge is 2.15. The maximum Gasteiger partial charge on any atom is 0.269 e. The second-order valence-corrected chi connectivity index (χ2v) is 4.89. The monoisotopic (exact) mass is 250 g/mol. The zero-order valence-corrected chi connectivity index (χ0v) is 10.4. The number of nitrogens with one attached hydrogen (secondary N) is 1. The van der Waals surface area contributed by atoms with Crippen molar-refractivity contribution in [2.24, 2.45) is 0 Å². The zero-order valence-electron chi connectivity index (χ0n) is 10.4. The first kappa shape index (κ1) is 12.8. The molecule has 5 heteroatoms. The Morgan fingerprint density at radius 1 is 1.17 bits per heavy atom. The van der Waals surface area contributed by atoms with Crippen molar-refractivity contribution in [2.45, 2.75) is 32.2 Å². The fraction of sp³-hybridized carbons (Fsp3) is 0.538. The summed E-state index contributed by atoms with van der Waals surface area (Å²) in [5, 5.41) is 22.4. The van der Waals surface area contributed by atoms with Gasteiger partial charge in [0.25, 0.3) is 5.69 Å². The molecule has 5 nitrogen and oxygen atoms in total. The number of non-ortho nitro benzene ring substituents is 1. The standard InChI is InChI=1S/C13H18N2O3/c16-13-6-5-12(15(17)18)9-11(13)10-14-7-3-1-2-4-8-14/h5-6,9,16H,1-4,7-8,10H2. The summed E-state index contributed by atoms with van der Waals surface area (Å²) in [6.45, 7) is 2.73. The van der Waals surface area contributed by atoms with Gasteiger partial charge in [0, 0.05) is 17.7 Å². The summed E-state index contributed by atoms with van der Waals surface area (Å²) >= 11 is 0. The number of hydrogen-bond donors (Lipinski definition) is 1. The minimum atomic E-state index is -0.444. The second kappa shape index (κ2) is 5.82. The van der Waals surface area contributed by atoms with Gasteiger partial charge in [-0.1, -0.05) is 11.8 Å². The van der Waals surface area contributed by atoms with Crippen LogP contribution in [0.15, 0.2) is 18.2 Å². The van der Waals surface area contributed by atoms with Gasteiger partial charge in [-0.05, 0) is 25.7 Å². The molecule has 0 spiro atoms. The van der Waals surface area contributed by atoms with E-state index >= 15 is 0 Å². The summed E-state index contributed by atoms with van der Waals surface area (Å²) < 4.78 is 0. The van der Waals surface area contributed by atoms with Crippen molar-refractivity contribution in [1.29, 1.82) is 0 Å². The molecule has 1 aromatic rings. The molecule has 98 valence electrons. The number of nitro groups is 1. The summed E-state index contributed by atoms with van der Waals surface area (Å²) in [7, 11) is 0. The van der Waals surface area contributed by atoms with Crippen molar-refractivity contribution in [2.75, 3.05) is 13.1 Å². The Morgan fingerprint density at radius 3 is 2.44 bits per heavy atom. The zero-order chi connectivity index (χ0) is 13.0. The largest absolute Gasteiger partial charge is 0.872 e. The molecule has 0 unspecified atom stereocenters. The average Bonchev–Trinajstić information content (AvgIpc) is 2.60. The predicted molar refractivity (Wildman–Crippen MR) is 65.4 cm³/mol. The van der Waals surface area contributed by atoms with E-state index in [1.54, 1.807) is 0 Å². The minimum absolute atomic E-state index is 0.0128. The molecule has 1 aliphatic rings. The number of likely N-dealkylation sites (tertiary alicyclic amines) is 1. The van der Waals surface area contributed by atoms with E-state index in [9.17, 15) is 15.2 Å². The van der Waals surface area contributed by atoms with Crippen LogP contribution in [0.4, 0.5) is 5.69 Å². The Hall–Kier alpha value is -1.62. The fourth-order valence-electron chi connectivity index (χ4n) is 2.49. The van der Waals surface area contributed by atoms with E-state index in [2.05, 4.69) is 0 Å². The lowest BCUT2D eigenvalue weighted by atomic mass is 10.1. The Bertz CT molecular complexity index is 426. The smallest absolute Gasteiger partial charge is 0.269 e. The van der Waals surface area contributed by atoms with Crippen LogP contribution in [0.25, 0.3) is 0 Å². The van der Waals surface area contributed by atoms with Gasteiger partial charge in [0.15, 0.2) is 0 Å². The van der Waals surface area contributed by atoms with Crippen molar-refractivity contribution in [3.05, 3.63) is 33.9 Å². The molecule has 0 aromatic heterocycles. The van der Waals surface area contributed by atoms with Gasteiger partial charge >= 0.3 is 0 Å². The lowest BCUT2D eigenvalue weighted by Crippen LogP contribution is -3.10. The van der Waals surface area contributed by atoms with Crippen molar-refractivity contribution in [1.82, 2.24) is 0 Å². The molecule has 1 aliphatic heterocycles. The molecule has 1 aromatic carbocycles. The predicted octanol–water partition coefficient (Wildman–Crippen LogP) is 0.627. The molecule has 0 bridgehead atoms. The maximum absolute atomic E-state index is 11.7. The highest BCUT2D eigenvalue weighted by Crippen LogP contribution is 2.20. The van der Waals surface area contributed by atoms with Gasteiger partial charge < -0.3 is 10.0 Å². The first-order chi connectivity index (χ1) is 8.66. The molecule has 1 saturated heterocycles. The van der Waals surface area contributed by atoms with E-state index in [1.807, 2.05) is 0 Å². The van der Waals surface area contributed by atoms with Gasteiger partial charge in [-0.25, -0.2) is 0 Å². The summed E-state index contributed by atoms with van der Waals surface area (Å²) in [5.74, 6) is -0.0858. The van der Waals surface area contributed by atoms with Crippen LogP contribution in [-0.2, 0) is 6.54 Å². The third kappa shape index (κ3) is 3.20. The Kier molecular flexibility index (Phi) is 4.15. The van der Waals surface area contributed by atoms with Crippen LogP contribution in [0, 0.1) is 10.1 Å². The van der Waals surface area contributed by atoms with E-state index in [1.165, 1.54) is 48.8 Å². The quantitative estimate of drug-likeness (QED) is 0.631. The normalized spacial score (nSPS) is 17.3. The van der Waals surface area contributed by atoms with Gasteiger partial charge in [0.05, 0.1) is 18.0 Å². The molecule has 0 aliphatic carbocycles. The lowest BCUT2D eigenvalue weighted by Gasteiger charge is -2.20. The lowest BCUT2D eigenvalue weighted by molar-refractivity contribution is -0.913. The molecular weight excluding hydrogens is 232 g/mol. The van der Waals surface area contributed by atoms with E-state index in [0.29, 0.717) is 12.1 Å². The first-order valence-corrected chi connectivity index (χ1v) is 6.45. The Labute approximate surface area is 106 Å². The topological polar surface area (TPSA) is 70.6 Å². The molecule has 0 radical (unpaired) electrons. The average molecular weight is 250 g/mol. The maximum atomic E-state index is 11.7.